The van der Waals surface area contributed by atoms with E-state index in [1.54, 1.807) is 0 Å². The fraction of sp³-hybridized carbons (Fsp3) is 0.462. The van der Waals surface area contributed by atoms with Gasteiger partial charge in [0.05, 0.1) is 12.7 Å². The monoisotopic (exact) mass is 232 g/mol. The lowest BCUT2D eigenvalue weighted by Crippen LogP contribution is -2.14. The first kappa shape index (κ1) is 10.7. The van der Waals surface area contributed by atoms with Crippen LogP contribution in [0.5, 0.6) is 0 Å². The van der Waals surface area contributed by atoms with Gasteiger partial charge in [0.2, 0.25) is 0 Å². The zero-order valence-corrected chi connectivity index (χ0v) is 9.84. The highest BCUT2D eigenvalue weighted by molar-refractivity contribution is 5.79. The molecule has 90 valence electrons. The van der Waals surface area contributed by atoms with E-state index < -0.39 is 0 Å². The normalized spacial score (nSPS) is 24.6. The Balaban J connectivity index is 1.99. The first-order valence-electron chi connectivity index (χ1n) is 5.98. The number of nitrogens with zero attached hydrogens (tertiary/aromatic N) is 2. The summed E-state index contributed by atoms with van der Waals surface area (Å²) in [7, 11) is 0. The minimum absolute atomic E-state index is 0.0129. The first-order chi connectivity index (χ1) is 8.29. The summed E-state index contributed by atoms with van der Waals surface area (Å²) in [6.07, 6.45) is 5.68. The van der Waals surface area contributed by atoms with Crippen LogP contribution < -0.4 is 0 Å². The fourth-order valence-corrected chi connectivity index (χ4v) is 2.45. The van der Waals surface area contributed by atoms with E-state index in [-0.39, 0.29) is 18.9 Å². The molecule has 2 aromatic heterocycles. The second-order valence-electron chi connectivity index (χ2n) is 4.56. The molecule has 4 nitrogen and oxygen atoms in total. The summed E-state index contributed by atoms with van der Waals surface area (Å²) < 4.78 is 7.84. The molecule has 0 aromatic carbocycles. The van der Waals surface area contributed by atoms with Gasteiger partial charge in [0.25, 0.3) is 0 Å². The molecule has 0 aliphatic carbocycles. The number of hydrogen-bond donors (Lipinski definition) is 1. The molecule has 3 rings (SSSR count). The molecule has 0 spiro atoms. The topological polar surface area (TPSA) is 47.3 Å². The lowest BCUT2D eigenvalue weighted by Gasteiger charge is -2.14. The highest BCUT2D eigenvalue weighted by Gasteiger charge is 2.26. The Morgan fingerprint density at radius 1 is 1.47 bits per heavy atom. The minimum atomic E-state index is -0.0257. The number of aromatic nitrogens is 2. The van der Waals surface area contributed by atoms with Crippen LogP contribution in [0, 0.1) is 6.92 Å². The minimum Gasteiger partial charge on any atom is -0.394 e. The van der Waals surface area contributed by atoms with E-state index in [0.29, 0.717) is 0 Å². The number of pyridine rings is 1. The molecule has 0 bridgehead atoms. The predicted molar refractivity (Wildman–Crippen MR) is 64.7 cm³/mol. The van der Waals surface area contributed by atoms with Crippen LogP contribution in [0.2, 0.25) is 0 Å². The molecule has 1 fully saturated rings. The van der Waals surface area contributed by atoms with Gasteiger partial charge >= 0.3 is 0 Å². The molecule has 1 saturated heterocycles. The van der Waals surface area contributed by atoms with Crippen molar-refractivity contribution in [3.8, 4) is 0 Å². The third-order valence-corrected chi connectivity index (χ3v) is 3.43. The van der Waals surface area contributed by atoms with Crippen molar-refractivity contribution in [1.82, 2.24) is 9.55 Å². The van der Waals surface area contributed by atoms with E-state index in [1.807, 2.05) is 18.5 Å². The average molecular weight is 232 g/mol. The summed E-state index contributed by atoms with van der Waals surface area (Å²) in [5.41, 5.74) is 2.19. The number of aryl methyl sites for hydroxylation is 1. The molecule has 0 saturated carbocycles. The van der Waals surface area contributed by atoms with Gasteiger partial charge in [-0.15, -0.1) is 0 Å². The molecule has 0 unspecified atom stereocenters. The Hall–Kier alpha value is -1.39. The van der Waals surface area contributed by atoms with Gasteiger partial charge in [-0.3, -0.25) is 0 Å². The number of rotatable bonds is 2. The van der Waals surface area contributed by atoms with Crippen molar-refractivity contribution in [3.05, 3.63) is 30.1 Å². The van der Waals surface area contributed by atoms with Crippen LogP contribution in [0.4, 0.5) is 0 Å². The molecule has 3 heterocycles. The number of hydrogen-bond acceptors (Lipinski definition) is 3. The van der Waals surface area contributed by atoms with Gasteiger partial charge in [0.15, 0.2) is 0 Å². The molecule has 0 radical (unpaired) electrons. The molecular weight excluding hydrogens is 216 g/mol. The summed E-state index contributed by atoms with van der Waals surface area (Å²) in [5, 5.41) is 10.3. The number of fused-ring (bicyclic) bond motifs is 1. The van der Waals surface area contributed by atoms with Gasteiger partial charge in [-0.2, -0.15) is 0 Å². The highest BCUT2D eigenvalue weighted by atomic mass is 16.5. The van der Waals surface area contributed by atoms with Crippen molar-refractivity contribution in [2.75, 3.05) is 6.61 Å². The van der Waals surface area contributed by atoms with Crippen molar-refractivity contribution in [2.24, 2.45) is 0 Å². The molecule has 1 aliphatic heterocycles. The molecule has 2 atom stereocenters. The Labute approximate surface area is 99.8 Å². The molecule has 1 N–H and O–H groups in total. The van der Waals surface area contributed by atoms with Gasteiger partial charge in [-0.05, 0) is 37.5 Å². The third-order valence-electron chi connectivity index (χ3n) is 3.43. The van der Waals surface area contributed by atoms with Crippen LogP contribution in [-0.2, 0) is 4.74 Å². The third kappa shape index (κ3) is 1.73. The number of aliphatic hydroxyl groups excluding tert-OH is 1. The molecule has 4 heteroatoms. The maximum Gasteiger partial charge on any atom is 0.142 e. The number of ether oxygens (including phenoxy) is 1. The lowest BCUT2D eigenvalue weighted by atomic mass is 10.2. The van der Waals surface area contributed by atoms with Gasteiger partial charge in [-0.25, -0.2) is 4.98 Å². The fourth-order valence-electron chi connectivity index (χ4n) is 2.45. The van der Waals surface area contributed by atoms with E-state index >= 15 is 0 Å². The van der Waals surface area contributed by atoms with E-state index in [2.05, 4.69) is 22.5 Å². The van der Waals surface area contributed by atoms with Gasteiger partial charge < -0.3 is 14.4 Å². The quantitative estimate of drug-likeness (QED) is 0.861. The Bertz CT molecular complexity index is 535. The second-order valence-corrected chi connectivity index (χ2v) is 4.56. The van der Waals surface area contributed by atoms with E-state index in [1.165, 1.54) is 10.9 Å². The maximum absolute atomic E-state index is 9.09. The van der Waals surface area contributed by atoms with E-state index in [9.17, 15) is 0 Å². The van der Waals surface area contributed by atoms with Crippen LogP contribution in [0.3, 0.4) is 0 Å². The van der Waals surface area contributed by atoms with Crippen molar-refractivity contribution in [3.63, 3.8) is 0 Å². The van der Waals surface area contributed by atoms with Crippen LogP contribution in [0.15, 0.2) is 24.5 Å². The van der Waals surface area contributed by atoms with Crippen LogP contribution in [0.25, 0.3) is 11.0 Å². The summed E-state index contributed by atoms with van der Waals surface area (Å²) in [6.45, 7) is 2.18. The Morgan fingerprint density at radius 2 is 2.35 bits per heavy atom. The van der Waals surface area contributed by atoms with E-state index in [4.69, 9.17) is 9.84 Å². The van der Waals surface area contributed by atoms with Crippen LogP contribution >= 0.6 is 0 Å². The molecular formula is C13H16N2O2. The zero-order chi connectivity index (χ0) is 11.8. The van der Waals surface area contributed by atoms with E-state index in [0.717, 1.165) is 18.5 Å². The summed E-state index contributed by atoms with van der Waals surface area (Å²) in [6, 6.07) is 4.09. The van der Waals surface area contributed by atoms with Crippen molar-refractivity contribution in [1.29, 1.82) is 0 Å². The SMILES string of the molecule is Cc1ccnc2c1ccn2[C@H]1CC[C@@H](CO)O1. The van der Waals surface area contributed by atoms with Gasteiger partial charge in [0.1, 0.15) is 11.9 Å². The summed E-state index contributed by atoms with van der Waals surface area (Å²) >= 11 is 0. The smallest absolute Gasteiger partial charge is 0.142 e. The second kappa shape index (κ2) is 4.13. The maximum atomic E-state index is 9.09. The molecule has 2 aromatic rings. The first-order valence-corrected chi connectivity index (χ1v) is 5.98. The van der Waals surface area contributed by atoms with Crippen LogP contribution in [0.1, 0.15) is 24.6 Å². The standard InChI is InChI=1S/C13H16N2O2/c1-9-4-6-14-13-11(9)5-7-15(13)12-3-2-10(8-16)17-12/h4-7,10,12,16H,2-3,8H2,1H3/t10-,12+/m0/s1. The largest absolute Gasteiger partial charge is 0.394 e. The highest BCUT2D eigenvalue weighted by Crippen LogP contribution is 2.31. The van der Waals surface area contributed by atoms with Crippen molar-refractivity contribution >= 4 is 11.0 Å². The Kier molecular flexibility index (Phi) is 2.61. The molecule has 1 aliphatic rings. The van der Waals surface area contributed by atoms with Crippen molar-refractivity contribution in [2.45, 2.75) is 32.1 Å². The Morgan fingerprint density at radius 3 is 3.12 bits per heavy atom. The molecule has 0 amide bonds. The summed E-state index contributed by atoms with van der Waals surface area (Å²) in [5.74, 6) is 0. The average Bonchev–Trinajstić information content (AvgIpc) is 2.94. The predicted octanol–water partition coefficient (Wildman–Crippen LogP) is 2.01. The van der Waals surface area contributed by atoms with Crippen LogP contribution in [-0.4, -0.2) is 27.4 Å². The van der Waals surface area contributed by atoms with Crippen molar-refractivity contribution < 1.29 is 9.84 Å². The zero-order valence-electron chi connectivity index (χ0n) is 9.84. The van der Waals surface area contributed by atoms with Gasteiger partial charge in [-0.1, -0.05) is 0 Å². The number of aliphatic hydroxyl groups is 1. The summed E-state index contributed by atoms with van der Waals surface area (Å²) in [4.78, 5) is 4.42. The van der Waals surface area contributed by atoms with Gasteiger partial charge in [0, 0.05) is 17.8 Å². The lowest BCUT2D eigenvalue weighted by molar-refractivity contribution is -0.0204. The molecule has 17 heavy (non-hydrogen) atoms.